The van der Waals surface area contributed by atoms with Crippen LogP contribution in [0.5, 0.6) is 5.75 Å². The summed E-state index contributed by atoms with van der Waals surface area (Å²) in [5.41, 5.74) is 2.97. The van der Waals surface area contributed by atoms with Crippen molar-refractivity contribution in [2.24, 2.45) is 7.05 Å². The first-order chi connectivity index (χ1) is 13.3. The number of aryl methyl sites for hydroxylation is 3. The van der Waals surface area contributed by atoms with Crippen LogP contribution in [0, 0.1) is 13.8 Å². The summed E-state index contributed by atoms with van der Waals surface area (Å²) in [5.74, 6) is 0.791. The normalized spacial score (nSPS) is 14.9. The molecule has 150 valence electrons. The Morgan fingerprint density at radius 2 is 1.89 bits per heavy atom. The molecule has 1 aromatic carbocycles. The van der Waals surface area contributed by atoms with Gasteiger partial charge in [0.2, 0.25) is 5.91 Å². The van der Waals surface area contributed by atoms with Crippen LogP contribution in [-0.4, -0.2) is 34.6 Å². The van der Waals surface area contributed by atoms with Crippen molar-refractivity contribution in [1.29, 1.82) is 0 Å². The molecule has 28 heavy (non-hydrogen) atoms. The van der Waals surface area contributed by atoms with Crippen LogP contribution >= 0.6 is 11.6 Å². The van der Waals surface area contributed by atoms with Crippen molar-refractivity contribution < 1.29 is 9.53 Å². The van der Waals surface area contributed by atoms with E-state index in [0.29, 0.717) is 25.3 Å². The Labute approximate surface area is 170 Å². The summed E-state index contributed by atoms with van der Waals surface area (Å²) in [6.07, 6.45) is 2.81. The highest BCUT2D eigenvalue weighted by Gasteiger charge is 2.24. The SMILES string of the molecule is Cc1cc(CCC(=O)N2CCC(Oc3cc(C)n(C)c(=O)c3)CC2)ccc1Cl. The van der Waals surface area contributed by atoms with Gasteiger partial charge >= 0.3 is 0 Å². The molecule has 0 spiro atoms. The van der Waals surface area contributed by atoms with Crippen LogP contribution in [0.4, 0.5) is 0 Å². The molecule has 0 bridgehead atoms. The van der Waals surface area contributed by atoms with Crippen molar-refractivity contribution >= 4 is 17.5 Å². The molecular weight excluding hydrogens is 376 g/mol. The number of ether oxygens (including phenoxy) is 1. The monoisotopic (exact) mass is 402 g/mol. The number of rotatable bonds is 5. The van der Waals surface area contributed by atoms with Gasteiger partial charge < -0.3 is 14.2 Å². The van der Waals surface area contributed by atoms with Crippen molar-refractivity contribution in [3.8, 4) is 5.75 Å². The van der Waals surface area contributed by atoms with Crippen LogP contribution in [0.15, 0.2) is 35.1 Å². The smallest absolute Gasteiger partial charge is 0.254 e. The van der Waals surface area contributed by atoms with E-state index in [2.05, 4.69) is 0 Å². The summed E-state index contributed by atoms with van der Waals surface area (Å²) < 4.78 is 7.58. The second-order valence-corrected chi connectivity index (χ2v) is 7.92. The van der Waals surface area contributed by atoms with Crippen molar-refractivity contribution in [1.82, 2.24) is 9.47 Å². The molecule has 1 aliphatic heterocycles. The highest BCUT2D eigenvalue weighted by molar-refractivity contribution is 6.31. The molecule has 5 nitrogen and oxygen atoms in total. The third kappa shape index (κ3) is 4.96. The Hall–Kier alpha value is -2.27. The second kappa shape index (κ2) is 8.82. The number of aromatic nitrogens is 1. The zero-order valence-corrected chi connectivity index (χ0v) is 17.5. The fourth-order valence-electron chi connectivity index (χ4n) is 3.49. The van der Waals surface area contributed by atoms with Gasteiger partial charge in [-0.1, -0.05) is 23.7 Å². The maximum Gasteiger partial charge on any atom is 0.254 e. The average molecular weight is 403 g/mol. The number of amides is 1. The first kappa shape index (κ1) is 20.5. The summed E-state index contributed by atoms with van der Waals surface area (Å²) in [6, 6.07) is 9.32. The lowest BCUT2D eigenvalue weighted by Crippen LogP contribution is -2.42. The molecule has 0 saturated carbocycles. The van der Waals surface area contributed by atoms with E-state index in [9.17, 15) is 9.59 Å². The van der Waals surface area contributed by atoms with E-state index in [1.54, 1.807) is 11.6 Å². The highest BCUT2D eigenvalue weighted by Crippen LogP contribution is 2.20. The van der Waals surface area contributed by atoms with Gasteiger partial charge in [0.15, 0.2) is 0 Å². The number of piperidine rings is 1. The van der Waals surface area contributed by atoms with E-state index in [4.69, 9.17) is 16.3 Å². The number of carbonyl (C=O) groups excluding carboxylic acids is 1. The highest BCUT2D eigenvalue weighted by atomic mass is 35.5. The number of hydrogen-bond donors (Lipinski definition) is 0. The second-order valence-electron chi connectivity index (χ2n) is 7.51. The van der Waals surface area contributed by atoms with Gasteiger partial charge in [0, 0.05) is 56.2 Å². The molecule has 0 radical (unpaired) electrons. The summed E-state index contributed by atoms with van der Waals surface area (Å²) in [4.78, 5) is 26.3. The molecule has 1 saturated heterocycles. The van der Waals surface area contributed by atoms with Crippen molar-refractivity contribution in [2.45, 2.75) is 45.6 Å². The van der Waals surface area contributed by atoms with E-state index in [0.717, 1.165) is 41.1 Å². The lowest BCUT2D eigenvalue weighted by Gasteiger charge is -2.32. The predicted octanol–water partition coefficient (Wildman–Crippen LogP) is 3.66. The van der Waals surface area contributed by atoms with Crippen molar-refractivity contribution in [2.75, 3.05) is 13.1 Å². The van der Waals surface area contributed by atoms with Gasteiger partial charge in [0.05, 0.1) is 0 Å². The minimum atomic E-state index is -0.0694. The predicted molar refractivity (Wildman–Crippen MR) is 111 cm³/mol. The van der Waals surface area contributed by atoms with Crippen LogP contribution in [-0.2, 0) is 18.3 Å². The third-order valence-electron chi connectivity index (χ3n) is 5.42. The van der Waals surface area contributed by atoms with Crippen LogP contribution in [0.25, 0.3) is 0 Å². The van der Waals surface area contributed by atoms with Gasteiger partial charge in [0.25, 0.3) is 5.56 Å². The lowest BCUT2D eigenvalue weighted by molar-refractivity contribution is -0.132. The molecule has 0 unspecified atom stereocenters. The van der Waals surface area contributed by atoms with Crippen molar-refractivity contribution in [3.63, 3.8) is 0 Å². The van der Waals surface area contributed by atoms with E-state index >= 15 is 0 Å². The number of likely N-dealkylation sites (tertiary alicyclic amines) is 1. The van der Waals surface area contributed by atoms with Crippen molar-refractivity contribution in [3.05, 3.63) is 62.5 Å². The first-order valence-corrected chi connectivity index (χ1v) is 10.1. The molecule has 1 amide bonds. The van der Waals surface area contributed by atoms with Gasteiger partial charge in [-0.15, -0.1) is 0 Å². The van der Waals surface area contributed by atoms with Crippen LogP contribution in [0.3, 0.4) is 0 Å². The van der Waals surface area contributed by atoms with Gasteiger partial charge in [-0.2, -0.15) is 0 Å². The molecule has 1 aliphatic rings. The molecule has 2 aromatic rings. The van der Waals surface area contributed by atoms with Gasteiger partial charge in [-0.25, -0.2) is 0 Å². The Kier molecular flexibility index (Phi) is 6.45. The molecule has 6 heteroatoms. The Bertz CT molecular complexity index is 914. The third-order valence-corrected chi connectivity index (χ3v) is 5.85. The minimum absolute atomic E-state index is 0.0365. The number of hydrogen-bond acceptors (Lipinski definition) is 3. The topological polar surface area (TPSA) is 51.5 Å². The molecule has 2 heterocycles. The Balaban J connectivity index is 1.48. The zero-order chi connectivity index (χ0) is 20.3. The van der Waals surface area contributed by atoms with E-state index in [-0.39, 0.29) is 17.6 Å². The molecule has 1 fully saturated rings. The number of nitrogens with zero attached hydrogens (tertiary/aromatic N) is 2. The summed E-state index contributed by atoms with van der Waals surface area (Å²) >= 11 is 6.06. The number of pyridine rings is 1. The maximum atomic E-state index is 12.5. The van der Waals surface area contributed by atoms with Gasteiger partial charge in [-0.3, -0.25) is 9.59 Å². The summed E-state index contributed by atoms with van der Waals surface area (Å²) in [6.45, 7) is 5.24. The fourth-order valence-corrected chi connectivity index (χ4v) is 3.61. The molecule has 0 aliphatic carbocycles. The van der Waals surface area contributed by atoms with E-state index < -0.39 is 0 Å². The maximum absolute atomic E-state index is 12.5. The average Bonchev–Trinajstić information content (AvgIpc) is 2.67. The quantitative estimate of drug-likeness (QED) is 0.766. The lowest BCUT2D eigenvalue weighted by atomic mass is 10.0. The van der Waals surface area contributed by atoms with E-state index in [1.807, 2.05) is 43.0 Å². The number of carbonyl (C=O) groups is 1. The number of halogens is 1. The Morgan fingerprint density at radius 3 is 2.54 bits per heavy atom. The molecule has 0 atom stereocenters. The summed E-state index contributed by atoms with van der Waals surface area (Å²) in [7, 11) is 1.75. The fraction of sp³-hybridized carbons (Fsp3) is 0.455. The number of benzene rings is 1. The summed E-state index contributed by atoms with van der Waals surface area (Å²) in [5, 5.41) is 0.753. The molecular formula is C22H27ClN2O3. The van der Waals surface area contributed by atoms with Crippen LogP contribution in [0.2, 0.25) is 5.02 Å². The molecule has 1 aromatic heterocycles. The first-order valence-electron chi connectivity index (χ1n) is 9.70. The Morgan fingerprint density at radius 1 is 1.18 bits per heavy atom. The van der Waals surface area contributed by atoms with Gasteiger partial charge in [-0.05, 0) is 43.5 Å². The standard InChI is InChI=1S/C22H27ClN2O3/c1-15-12-17(4-6-20(15)23)5-7-21(26)25-10-8-18(9-11-25)28-19-13-16(2)24(3)22(27)14-19/h4,6,12-14,18H,5,7-11H2,1-3H3. The minimum Gasteiger partial charge on any atom is -0.490 e. The van der Waals surface area contributed by atoms with Crippen LogP contribution < -0.4 is 10.3 Å². The van der Waals surface area contributed by atoms with Crippen LogP contribution in [0.1, 0.15) is 36.1 Å². The van der Waals surface area contributed by atoms with Gasteiger partial charge in [0.1, 0.15) is 11.9 Å². The largest absolute Gasteiger partial charge is 0.490 e. The zero-order valence-electron chi connectivity index (χ0n) is 16.7. The molecule has 0 N–H and O–H groups in total. The molecule has 3 rings (SSSR count). The van der Waals surface area contributed by atoms with E-state index in [1.165, 1.54) is 6.07 Å².